The molecule has 0 aromatic heterocycles. The predicted octanol–water partition coefficient (Wildman–Crippen LogP) is 5.29. The highest BCUT2D eigenvalue weighted by Crippen LogP contribution is 2.47. The second kappa shape index (κ2) is 11.3. The van der Waals surface area contributed by atoms with Gasteiger partial charge in [0.05, 0.1) is 24.0 Å². The average Bonchev–Trinajstić information content (AvgIpc) is 3.53. The second-order valence-electron chi connectivity index (χ2n) is 9.93. The van der Waals surface area contributed by atoms with Gasteiger partial charge in [0.1, 0.15) is 22.3 Å². The minimum absolute atomic E-state index is 0.0384. The molecule has 42 heavy (non-hydrogen) atoms. The first kappa shape index (κ1) is 27.5. The standard InChI is InChI=1S/C32H28N2O7S/c1-2-21-39-25-19-15-23(16-20-25)33-31(35)28-29(34(40-30(28)32(33)36)24-9-5-3-6-10-24)22-13-17-26(18-14-22)41-42(37,38)27-11-7-4-8-12-27/h3-20,28-30H,2,21H2,1H3/t28-,29-,30+/m1/s1. The van der Waals surface area contributed by atoms with Crippen molar-refractivity contribution in [2.75, 3.05) is 16.6 Å². The Morgan fingerprint density at radius 1 is 0.738 bits per heavy atom. The number of imide groups is 1. The molecule has 2 aliphatic rings. The maximum Gasteiger partial charge on any atom is 0.339 e. The van der Waals surface area contributed by atoms with Gasteiger partial charge in [-0.05, 0) is 72.6 Å². The molecule has 0 bridgehead atoms. The van der Waals surface area contributed by atoms with Crippen LogP contribution in [-0.2, 0) is 24.5 Å². The number of hydroxylamine groups is 1. The molecule has 214 valence electrons. The van der Waals surface area contributed by atoms with Crippen LogP contribution in [0.4, 0.5) is 11.4 Å². The molecule has 4 aromatic carbocycles. The van der Waals surface area contributed by atoms with Crippen LogP contribution in [0, 0.1) is 5.92 Å². The lowest BCUT2D eigenvalue weighted by Crippen LogP contribution is -2.37. The summed E-state index contributed by atoms with van der Waals surface area (Å²) in [5.74, 6) is -0.910. The third-order valence-corrected chi connectivity index (χ3v) is 8.41. The zero-order valence-electron chi connectivity index (χ0n) is 22.7. The summed E-state index contributed by atoms with van der Waals surface area (Å²) in [4.78, 5) is 34.9. The number of nitrogens with zero attached hydrogens (tertiary/aromatic N) is 2. The van der Waals surface area contributed by atoms with E-state index in [1.165, 1.54) is 24.3 Å². The van der Waals surface area contributed by atoms with Gasteiger partial charge in [-0.2, -0.15) is 8.42 Å². The molecule has 10 heteroatoms. The van der Waals surface area contributed by atoms with Gasteiger partial charge in [-0.3, -0.25) is 14.4 Å². The van der Waals surface area contributed by atoms with E-state index in [0.29, 0.717) is 29.3 Å². The Balaban J connectivity index is 1.30. The first-order chi connectivity index (χ1) is 20.4. The van der Waals surface area contributed by atoms with Crippen molar-refractivity contribution in [2.45, 2.75) is 30.4 Å². The largest absolute Gasteiger partial charge is 0.494 e. The van der Waals surface area contributed by atoms with Gasteiger partial charge in [-0.15, -0.1) is 0 Å². The zero-order chi connectivity index (χ0) is 29.3. The quantitative estimate of drug-likeness (QED) is 0.193. The Morgan fingerprint density at radius 2 is 1.36 bits per heavy atom. The van der Waals surface area contributed by atoms with Crippen LogP contribution in [0.5, 0.6) is 11.5 Å². The minimum Gasteiger partial charge on any atom is -0.494 e. The molecule has 0 aliphatic carbocycles. The number of fused-ring (bicyclic) bond motifs is 1. The Labute approximate surface area is 243 Å². The molecule has 0 unspecified atom stereocenters. The third kappa shape index (κ3) is 5.10. The maximum atomic E-state index is 13.9. The van der Waals surface area contributed by atoms with Crippen LogP contribution in [0.1, 0.15) is 24.9 Å². The highest BCUT2D eigenvalue weighted by molar-refractivity contribution is 7.87. The van der Waals surface area contributed by atoms with Gasteiger partial charge in [0.15, 0.2) is 6.10 Å². The van der Waals surface area contributed by atoms with Crippen molar-refractivity contribution in [3.05, 3.63) is 115 Å². The van der Waals surface area contributed by atoms with E-state index in [1.807, 2.05) is 37.3 Å². The van der Waals surface area contributed by atoms with Crippen molar-refractivity contribution in [1.29, 1.82) is 0 Å². The van der Waals surface area contributed by atoms with E-state index in [4.69, 9.17) is 13.8 Å². The molecular formula is C32H28N2O7S. The molecule has 4 aromatic rings. The molecule has 2 amide bonds. The molecule has 0 spiro atoms. The average molecular weight is 585 g/mol. The molecule has 3 atom stereocenters. The molecular weight excluding hydrogens is 556 g/mol. The van der Waals surface area contributed by atoms with Gasteiger partial charge in [-0.25, -0.2) is 9.96 Å². The molecule has 2 aliphatic heterocycles. The lowest BCUT2D eigenvalue weighted by atomic mass is 9.90. The topological polar surface area (TPSA) is 102 Å². The normalized spacial score (nSPS) is 20.1. The van der Waals surface area contributed by atoms with E-state index in [0.717, 1.165) is 11.3 Å². The predicted molar refractivity (Wildman–Crippen MR) is 155 cm³/mol. The lowest BCUT2D eigenvalue weighted by Gasteiger charge is -2.28. The van der Waals surface area contributed by atoms with E-state index < -0.39 is 34.1 Å². The van der Waals surface area contributed by atoms with E-state index in [1.54, 1.807) is 59.7 Å². The Bertz CT molecular complexity index is 1680. The second-order valence-corrected chi connectivity index (χ2v) is 11.5. The highest BCUT2D eigenvalue weighted by Gasteiger charge is 2.60. The fourth-order valence-electron chi connectivity index (χ4n) is 5.20. The molecule has 9 nitrogen and oxygen atoms in total. The molecule has 2 fully saturated rings. The number of amides is 2. The lowest BCUT2D eigenvalue weighted by molar-refractivity contribution is -0.126. The van der Waals surface area contributed by atoms with Gasteiger partial charge < -0.3 is 8.92 Å². The van der Waals surface area contributed by atoms with Crippen molar-refractivity contribution >= 4 is 33.3 Å². The van der Waals surface area contributed by atoms with Crippen molar-refractivity contribution in [1.82, 2.24) is 0 Å². The summed E-state index contributed by atoms with van der Waals surface area (Å²) in [5.41, 5.74) is 1.77. The monoisotopic (exact) mass is 584 g/mol. The van der Waals surface area contributed by atoms with Crippen molar-refractivity contribution < 1.29 is 31.8 Å². The van der Waals surface area contributed by atoms with Gasteiger partial charge >= 0.3 is 10.1 Å². The summed E-state index contributed by atoms with van der Waals surface area (Å²) >= 11 is 0. The molecule has 2 saturated heterocycles. The summed E-state index contributed by atoms with van der Waals surface area (Å²) in [6, 6.07) is 29.7. The van der Waals surface area contributed by atoms with Crippen LogP contribution in [0.2, 0.25) is 0 Å². The van der Waals surface area contributed by atoms with Gasteiger partial charge in [0.2, 0.25) is 5.91 Å². The maximum absolute atomic E-state index is 13.9. The number of benzene rings is 4. The fourth-order valence-corrected chi connectivity index (χ4v) is 6.15. The fraction of sp³-hybridized carbons (Fsp3) is 0.188. The van der Waals surface area contributed by atoms with Crippen LogP contribution < -0.4 is 18.9 Å². The van der Waals surface area contributed by atoms with E-state index in [9.17, 15) is 18.0 Å². The minimum atomic E-state index is -4.03. The Hall–Kier alpha value is -4.67. The number of rotatable bonds is 9. The SMILES string of the molecule is CCCOc1ccc(N2C(=O)[C@H]3[C@H](ON(c4ccccc4)[C@@H]3c3ccc(OS(=O)(=O)c4ccccc4)cc3)C2=O)cc1. The first-order valence-corrected chi connectivity index (χ1v) is 15.0. The van der Waals surface area contributed by atoms with Crippen LogP contribution in [0.3, 0.4) is 0 Å². The van der Waals surface area contributed by atoms with Crippen LogP contribution in [-0.4, -0.2) is 32.9 Å². The van der Waals surface area contributed by atoms with Crippen LogP contribution in [0.15, 0.2) is 114 Å². The summed E-state index contributed by atoms with van der Waals surface area (Å²) < 4.78 is 36.4. The van der Waals surface area contributed by atoms with Gasteiger partial charge in [-0.1, -0.05) is 55.5 Å². The van der Waals surface area contributed by atoms with E-state index in [2.05, 4.69) is 0 Å². The summed E-state index contributed by atoms with van der Waals surface area (Å²) in [6.45, 7) is 2.58. The number of anilines is 2. The van der Waals surface area contributed by atoms with Crippen molar-refractivity contribution in [2.24, 2.45) is 5.92 Å². The molecule has 2 heterocycles. The Morgan fingerprint density at radius 3 is 2.00 bits per heavy atom. The summed E-state index contributed by atoms with van der Waals surface area (Å²) in [5, 5.41) is 1.58. The van der Waals surface area contributed by atoms with Gasteiger partial charge in [0, 0.05) is 0 Å². The smallest absolute Gasteiger partial charge is 0.339 e. The number of hydrogen-bond acceptors (Lipinski definition) is 8. The van der Waals surface area contributed by atoms with Crippen molar-refractivity contribution in [3.8, 4) is 11.5 Å². The van der Waals surface area contributed by atoms with Crippen LogP contribution >= 0.6 is 0 Å². The van der Waals surface area contributed by atoms with E-state index >= 15 is 0 Å². The van der Waals surface area contributed by atoms with Crippen molar-refractivity contribution in [3.63, 3.8) is 0 Å². The number of hydrogen-bond donors (Lipinski definition) is 0. The van der Waals surface area contributed by atoms with Crippen LogP contribution in [0.25, 0.3) is 0 Å². The number of para-hydroxylation sites is 1. The third-order valence-electron chi connectivity index (χ3n) is 7.15. The number of carbonyl (C=O) groups excluding carboxylic acids is 2. The molecule has 0 radical (unpaired) electrons. The summed E-state index contributed by atoms with van der Waals surface area (Å²) in [6.07, 6.45) is -0.172. The zero-order valence-corrected chi connectivity index (χ0v) is 23.5. The molecule has 0 N–H and O–H groups in total. The number of carbonyl (C=O) groups is 2. The molecule has 0 saturated carbocycles. The highest BCUT2D eigenvalue weighted by atomic mass is 32.2. The first-order valence-electron chi connectivity index (χ1n) is 13.6. The number of ether oxygens (including phenoxy) is 1. The van der Waals surface area contributed by atoms with Gasteiger partial charge in [0.25, 0.3) is 5.91 Å². The summed E-state index contributed by atoms with van der Waals surface area (Å²) in [7, 11) is -4.03. The molecule has 6 rings (SSSR count). The Kier molecular flexibility index (Phi) is 7.40. The van der Waals surface area contributed by atoms with E-state index in [-0.39, 0.29) is 16.6 Å².